The molecule has 3 aromatic rings. The Morgan fingerprint density at radius 2 is 1.79 bits per heavy atom. The van der Waals surface area contributed by atoms with Crippen molar-refractivity contribution in [2.45, 2.75) is 13.3 Å². The van der Waals surface area contributed by atoms with E-state index < -0.39 is 5.97 Å². The molecule has 24 heavy (non-hydrogen) atoms. The topological polar surface area (TPSA) is 66.4 Å². The van der Waals surface area contributed by atoms with E-state index in [0.29, 0.717) is 11.3 Å². The van der Waals surface area contributed by atoms with Gasteiger partial charge in [0.15, 0.2) is 0 Å². The number of rotatable bonds is 5. The van der Waals surface area contributed by atoms with Crippen LogP contribution in [0.5, 0.6) is 0 Å². The van der Waals surface area contributed by atoms with Gasteiger partial charge in [0.2, 0.25) is 0 Å². The fraction of sp³-hybridized carbons (Fsp3) is 0.158. The smallest absolute Gasteiger partial charge is 0.322 e. The fourth-order valence-corrected chi connectivity index (χ4v) is 3.74. The number of amides is 1. The molecule has 0 aliphatic carbocycles. The Bertz CT molecular complexity index is 897. The summed E-state index contributed by atoms with van der Waals surface area (Å²) in [4.78, 5) is 23.7. The van der Waals surface area contributed by atoms with E-state index in [-0.39, 0.29) is 12.5 Å². The first-order valence-corrected chi connectivity index (χ1v) is 8.42. The zero-order chi connectivity index (χ0) is 17.1. The predicted molar refractivity (Wildman–Crippen MR) is 95.8 cm³/mol. The molecule has 0 unspecified atom stereocenters. The molecule has 2 aromatic carbocycles. The highest BCUT2D eigenvalue weighted by Gasteiger charge is 2.18. The van der Waals surface area contributed by atoms with E-state index >= 15 is 0 Å². The minimum Gasteiger partial charge on any atom is -0.480 e. The van der Waals surface area contributed by atoms with Crippen molar-refractivity contribution in [2.24, 2.45) is 0 Å². The second kappa shape index (κ2) is 6.84. The van der Waals surface area contributed by atoms with Gasteiger partial charge in [-0.1, -0.05) is 48.0 Å². The van der Waals surface area contributed by atoms with Crippen LogP contribution in [0.3, 0.4) is 0 Å². The van der Waals surface area contributed by atoms with Crippen LogP contribution < -0.4 is 5.32 Å². The van der Waals surface area contributed by atoms with E-state index in [9.17, 15) is 9.59 Å². The lowest BCUT2D eigenvalue weighted by Crippen LogP contribution is -2.29. The molecular weight excluding hydrogens is 322 g/mol. The number of aliphatic carboxylic acids is 1. The number of carboxylic acids is 1. The number of aryl methyl sites for hydroxylation is 1. The summed E-state index contributed by atoms with van der Waals surface area (Å²) in [6, 6.07) is 16.1. The third kappa shape index (κ3) is 3.46. The molecule has 0 spiro atoms. The molecule has 0 fully saturated rings. The fourth-order valence-electron chi connectivity index (χ4n) is 2.60. The van der Waals surface area contributed by atoms with Crippen LogP contribution in [0.4, 0.5) is 0 Å². The monoisotopic (exact) mass is 339 g/mol. The third-order valence-electron chi connectivity index (χ3n) is 3.81. The largest absolute Gasteiger partial charge is 0.480 e. The lowest BCUT2D eigenvalue weighted by atomic mass is 10.0. The number of carboxylic acid groups (broad SMARTS) is 1. The van der Waals surface area contributed by atoms with Gasteiger partial charge in [-0.15, -0.1) is 11.3 Å². The van der Waals surface area contributed by atoms with Crippen LogP contribution in [0.15, 0.2) is 48.5 Å². The number of nitrogens with one attached hydrogen (secondary N) is 1. The van der Waals surface area contributed by atoms with Crippen LogP contribution in [0.1, 0.15) is 26.4 Å². The lowest BCUT2D eigenvalue weighted by molar-refractivity contribution is -0.135. The van der Waals surface area contributed by atoms with Gasteiger partial charge in [0, 0.05) is 4.70 Å². The molecule has 5 heteroatoms. The quantitative estimate of drug-likeness (QED) is 0.746. The van der Waals surface area contributed by atoms with Gasteiger partial charge in [-0.2, -0.15) is 0 Å². The van der Waals surface area contributed by atoms with Gasteiger partial charge in [-0.05, 0) is 35.9 Å². The molecule has 2 N–H and O–H groups in total. The van der Waals surface area contributed by atoms with Gasteiger partial charge in [-0.25, -0.2) is 0 Å². The average Bonchev–Trinajstić information content (AvgIpc) is 2.93. The van der Waals surface area contributed by atoms with E-state index in [2.05, 4.69) is 17.4 Å². The highest BCUT2D eigenvalue weighted by Crippen LogP contribution is 2.33. The van der Waals surface area contributed by atoms with E-state index in [1.54, 1.807) is 0 Å². The van der Waals surface area contributed by atoms with Crippen molar-refractivity contribution < 1.29 is 14.7 Å². The van der Waals surface area contributed by atoms with Crippen LogP contribution in [-0.2, 0) is 11.2 Å². The summed E-state index contributed by atoms with van der Waals surface area (Å²) in [5, 5.41) is 12.3. The molecule has 4 nitrogen and oxygen atoms in total. The van der Waals surface area contributed by atoms with Crippen molar-refractivity contribution in [3.63, 3.8) is 0 Å². The first-order chi connectivity index (χ1) is 11.5. The summed E-state index contributed by atoms with van der Waals surface area (Å²) in [7, 11) is 0. The highest BCUT2D eigenvalue weighted by atomic mass is 32.1. The maximum Gasteiger partial charge on any atom is 0.322 e. The average molecular weight is 339 g/mol. The van der Waals surface area contributed by atoms with Gasteiger partial charge >= 0.3 is 5.97 Å². The summed E-state index contributed by atoms with van der Waals surface area (Å²) in [5.41, 5.74) is 3.26. The van der Waals surface area contributed by atoms with Crippen LogP contribution in [0.25, 0.3) is 10.1 Å². The molecule has 0 radical (unpaired) electrons. The Labute approximate surface area is 143 Å². The van der Waals surface area contributed by atoms with Crippen LogP contribution in [-0.4, -0.2) is 23.5 Å². The van der Waals surface area contributed by atoms with Gasteiger partial charge < -0.3 is 10.4 Å². The number of hydrogen-bond acceptors (Lipinski definition) is 3. The molecule has 1 heterocycles. The molecule has 3 rings (SSSR count). The zero-order valence-corrected chi connectivity index (χ0v) is 14.0. The molecule has 0 saturated heterocycles. The summed E-state index contributed by atoms with van der Waals surface area (Å²) >= 11 is 1.40. The molecule has 122 valence electrons. The first-order valence-electron chi connectivity index (χ1n) is 7.60. The molecule has 0 saturated carbocycles. The predicted octanol–water partition coefficient (Wildman–Crippen LogP) is 3.61. The minimum atomic E-state index is -1.05. The normalized spacial score (nSPS) is 10.7. The molecule has 1 amide bonds. The van der Waals surface area contributed by atoms with Crippen molar-refractivity contribution in [3.05, 3.63) is 70.1 Å². The van der Waals surface area contributed by atoms with Gasteiger partial charge in [0.1, 0.15) is 6.54 Å². The Kier molecular flexibility index (Phi) is 4.62. The van der Waals surface area contributed by atoms with Crippen molar-refractivity contribution in [2.75, 3.05) is 6.54 Å². The molecule has 1 aromatic heterocycles. The standard InChI is InChI=1S/C19H17NO3S/c1-12-6-8-13(9-7-12)10-15-14-4-2-3-5-16(14)24-18(15)19(23)20-11-17(21)22/h2-9H,10-11H2,1H3,(H,20,23)(H,21,22). The van der Waals surface area contributed by atoms with E-state index in [1.807, 2.05) is 43.3 Å². The molecule has 0 aliphatic rings. The summed E-state index contributed by atoms with van der Waals surface area (Å²) in [6.45, 7) is 1.66. The van der Waals surface area contributed by atoms with Gasteiger partial charge in [0.05, 0.1) is 4.88 Å². The number of benzene rings is 2. The summed E-state index contributed by atoms with van der Waals surface area (Å²) in [6.07, 6.45) is 0.639. The molecular formula is C19H17NO3S. The van der Waals surface area contributed by atoms with Crippen LogP contribution >= 0.6 is 11.3 Å². The van der Waals surface area contributed by atoms with Gasteiger partial charge in [0.25, 0.3) is 5.91 Å². The van der Waals surface area contributed by atoms with E-state index in [4.69, 9.17) is 5.11 Å². The van der Waals surface area contributed by atoms with E-state index in [1.165, 1.54) is 16.9 Å². The maximum atomic E-state index is 12.4. The van der Waals surface area contributed by atoms with Crippen molar-refractivity contribution in [1.29, 1.82) is 0 Å². The number of carbonyl (C=O) groups excluding carboxylic acids is 1. The SMILES string of the molecule is Cc1ccc(Cc2c(C(=O)NCC(=O)O)sc3ccccc23)cc1. The van der Waals surface area contributed by atoms with Crippen LogP contribution in [0, 0.1) is 6.92 Å². The number of carbonyl (C=O) groups is 2. The van der Waals surface area contributed by atoms with Crippen molar-refractivity contribution in [3.8, 4) is 0 Å². The summed E-state index contributed by atoms with van der Waals surface area (Å²) in [5.74, 6) is -1.38. The first kappa shape index (κ1) is 16.2. The molecule has 0 aliphatic heterocycles. The highest BCUT2D eigenvalue weighted by molar-refractivity contribution is 7.21. The van der Waals surface area contributed by atoms with E-state index in [0.717, 1.165) is 21.2 Å². The molecule has 0 bridgehead atoms. The second-order valence-electron chi connectivity index (χ2n) is 5.64. The zero-order valence-electron chi connectivity index (χ0n) is 13.2. The van der Waals surface area contributed by atoms with Crippen molar-refractivity contribution >= 4 is 33.3 Å². The lowest BCUT2D eigenvalue weighted by Gasteiger charge is -2.06. The number of fused-ring (bicyclic) bond motifs is 1. The summed E-state index contributed by atoms with van der Waals surface area (Å²) < 4.78 is 1.03. The molecule has 0 atom stereocenters. The Balaban J connectivity index is 2.00. The minimum absolute atomic E-state index is 0.333. The maximum absolute atomic E-state index is 12.4. The Morgan fingerprint density at radius 3 is 2.50 bits per heavy atom. The Hall–Kier alpha value is -2.66. The van der Waals surface area contributed by atoms with Crippen LogP contribution in [0.2, 0.25) is 0 Å². The second-order valence-corrected chi connectivity index (χ2v) is 6.70. The number of thiophene rings is 1. The van der Waals surface area contributed by atoms with Gasteiger partial charge in [-0.3, -0.25) is 9.59 Å². The Morgan fingerprint density at radius 1 is 1.08 bits per heavy atom. The number of hydrogen-bond donors (Lipinski definition) is 2. The third-order valence-corrected chi connectivity index (χ3v) is 5.02. The van der Waals surface area contributed by atoms with Crippen molar-refractivity contribution in [1.82, 2.24) is 5.32 Å².